The highest BCUT2D eigenvalue weighted by molar-refractivity contribution is 7.93. The number of hydrogen-bond donors (Lipinski definition) is 1. The van der Waals surface area contributed by atoms with Gasteiger partial charge >= 0.3 is 0 Å². The van der Waals surface area contributed by atoms with Gasteiger partial charge < -0.3 is 4.90 Å². The Morgan fingerprint density at radius 1 is 0.839 bits per heavy atom. The average molecular weight is 460 g/mol. The van der Waals surface area contributed by atoms with E-state index in [1.54, 1.807) is 18.2 Å². The second kappa shape index (κ2) is 9.47. The molecule has 1 N–H and O–H groups in total. The molecule has 1 aliphatic heterocycles. The molecule has 0 unspecified atom stereocenters. The Balaban J connectivity index is 0.00000272. The summed E-state index contributed by atoms with van der Waals surface area (Å²) < 4.78 is 29.1. The number of fused-ring (bicyclic) bond motifs is 1. The normalized spacial score (nSPS) is 15.2. The topological polar surface area (TPSA) is 52.7 Å². The summed E-state index contributed by atoms with van der Waals surface area (Å²) in [5.41, 5.74) is 2.76. The second-order valence-electron chi connectivity index (χ2n) is 8.22. The molecule has 1 saturated heterocycles. The third kappa shape index (κ3) is 4.97. The van der Waals surface area contributed by atoms with Gasteiger partial charge in [-0.3, -0.25) is 9.62 Å². The fraction of sp³-hybridized carbons (Fsp3) is 0.333. The van der Waals surface area contributed by atoms with Crippen LogP contribution < -0.4 is 9.62 Å². The molecular formula is C24H30ClN3O2S. The second-order valence-corrected chi connectivity index (χ2v) is 9.87. The van der Waals surface area contributed by atoms with E-state index in [9.17, 15) is 8.42 Å². The van der Waals surface area contributed by atoms with E-state index in [4.69, 9.17) is 0 Å². The number of nitrogens with one attached hydrogen (secondary N) is 1. The molecule has 0 spiro atoms. The smallest absolute Gasteiger partial charge is 0.262 e. The van der Waals surface area contributed by atoms with Crippen LogP contribution in [-0.4, -0.2) is 45.5 Å². The first-order valence-electron chi connectivity index (χ1n) is 10.5. The van der Waals surface area contributed by atoms with Gasteiger partial charge in [0.2, 0.25) is 0 Å². The van der Waals surface area contributed by atoms with Crippen LogP contribution in [-0.2, 0) is 10.0 Å². The maximum Gasteiger partial charge on any atom is 0.262 e. The van der Waals surface area contributed by atoms with Crippen molar-refractivity contribution in [1.82, 2.24) is 4.90 Å². The minimum absolute atomic E-state index is 0. The Kier molecular flexibility index (Phi) is 7.14. The van der Waals surface area contributed by atoms with Crippen molar-refractivity contribution in [2.75, 3.05) is 35.8 Å². The van der Waals surface area contributed by atoms with E-state index in [1.165, 1.54) is 0 Å². The van der Waals surface area contributed by atoms with Crippen LogP contribution in [0.3, 0.4) is 0 Å². The fourth-order valence-corrected chi connectivity index (χ4v) is 5.35. The van der Waals surface area contributed by atoms with Gasteiger partial charge in [-0.2, -0.15) is 0 Å². The minimum atomic E-state index is -3.70. The molecule has 166 valence electrons. The first-order chi connectivity index (χ1) is 14.3. The first kappa shape index (κ1) is 23.4. The van der Waals surface area contributed by atoms with Gasteiger partial charge in [-0.05, 0) is 45.0 Å². The van der Waals surface area contributed by atoms with E-state index in [1.807, 2.05) is 49.4 Å². The molecule has 0 amide bonds. The molecule has 1 fully saturated rings. The highest BCUT2D eigenvalue weighted by Gasteiger charge is 2.23. The molecule has 4 rings (SSSR count). The summed E-state index contributed by atoms with van der Waals surface area (Å²) in [6.07, 6.45) is 0. The van der Waals surface area contributed by atoms with Crippen LogP contribution in [0, 0.1) is 6.92 Å². The fourth-order valence-electron chi connectivity index (χ4n) is 4.08. The molecule has 3 aromatic rings. The lowest BCUT2D eigenvalue weighted by Crippen LogP contribution is -2.48. The molecular weight excluding hydrogens is 430 g/mol. The van der Waals surface area contributed by atoms with Crippen LogP contribution in [0.5, 0.6) is 0 Å². The zero-order chi connectivity index (χ0) is 21.3. The first-order valence-corrected chi connectivity index (χ1v) is 11.9. The van der Waals surface area contributed by atoms with Crippen molar-refractivity contribution in [3.8, 4) is 0 Å². The number of benzene rings is 3. The van der Waals surface area contributed by atoms with Gasteiger partial charge in [-0.1, -0.05) is 42.0 Å². The number of hydrogen-bond acceptors (Lipinski definition) is 4. The van der Waals surface area contributed by atoms with Crippen LogP contribution in [0.4, 0.5) is 11.4 Å². The van der Waals surface area contributed by atoms with Gasteiger partial charge in [0.05, 0.1) is 4.90 Å². The number of aryl methyl sites for hydroxylation is 1. The van der Waals surface area contributed by atoms with Crippen LogP contribution in [0.25, 0.3) is 10.8 Å². The number of sulfonamides is 1. The Morgan fingerprint density at radius 2 is 1.45 bits per heavy atom. The van der Waals surface area contributed by atoms with Crippen LogP contribution in [0.15, 0.2) is 65.6 Å². The number of piperazine rings is 1. The number of nitrogens with zero attached hydrogens (tertiary/aromatic N) is 2. The Hall–Kier alpha value is -2.28. The summed E-state index contributed by atoms with van der Waals surface area (Å²) >= 11 is 0. The zero-order valence-electron chi connectivity index (χ0n) is 18.2. The largest absolute Gasteiger partial charge is 0.368 e. The van der Waals surface area contributed by atoms with Crippen molar-refractivity contribution in [3.63, 3.8) is 0 Å². The van der Waals surface area contributed by atoms with E-state index in [-0.39, 0.29) is 12.4 Å². The Labute approximate surface area is 191 Å². The standard InChI is InChI=1S/C24H29N3O2S.ClH/c1-18(2)26-14-16-27(17-15-26)23-12-13-24(22-7-5-4-6-21(22)23)30(28,29)25-20-10-8-19(3)9-11-20;/h4-13,18,25H,14-17H2,1-3H3;1H. The summed E-state index contributed by atoms with van der Waals surface area (Å²) in [4.78, 5) is 5.15. The van der Waals surface area contributed by atoms with Gasteiger partial charge in [0, 0.05) is 54.4 Å². The summed E-state index contributed by atoms with van der Waals surface area (Å²) in [5, 5.41) is 1.73. The molecule has 3 aromatic carbocycles. The summed E-state index contributed by atoms with van der Waals surface area (Å²) in [6.45, 7) is 10.3. The maximum atomic E-state index is 13.2. The lowest BCUT2D eigenvalue weighted by molar-refractivity contribution is 0.209. The van der Waals surface area contributed by atoms with Gasteiger partial charge in [0.25, 0.3) is 10.0 Å². The summed E-state index contributed by atoms with van der Waals surface area (Å²) in [6, 6.07) is 19.4. The van der Waals surface area contributed by atoms with Crippen molar-refractivity contribution in [3.05, 3.63) is 66.2 Å². The third-order valence-corrected chi connectivity index (χ3v) is 7.28. The maximum absolute atomic E-state index is 13.2. The van der Waals surface area contributed by atoms with Gasteiger partial charge in [-0.25, -0.2) is 8.42 Å². The van der Waals surface area contributed by atoms with E-state index in [2.05, 4.69) is 28.4 Å². The van der Waals surface area contributed by atoms with Crippen molar-refractivity contribution in [1.29, 1.82) is 0 Å². The number of halogens is 1. The molecule has 7 heteroatoms. The highest BCUT2D eigenvalue weighted by atomic mass is 35.5. The molecule has 0 aliphatic carbocycles. The van der Waals surface area contributed by atoms with Crippen molar-refractivity contribution in [2.24, 2.45) is 0 Å². The Bertz CT molecular complexity index is 1140. The van der Waals surface area contributed by atoms with Gasteiger partial charge in [-0.15, -0.1) is 12.4 Å². The Morgan fingerprint density at radius 3 is 2.06 bits per heavy atom. The molecule has 0 atom stereocenters. The van der Waals surface area contributed by atoms with E-state index < -0.39 is 10.0 Å². The SMILES string of the molecule is Cc1ccc(NS(=O)(=O)c2ccc(N3CCN(C(C)C)CC3)c3ccccc23)cc1.Cl. The van der Waals surface area contributed by atoms with Crippen molar-refractivity contribution in [2.45, 2.75) is 31.7 Å². The molecule has 1 aliphatic rings. The van der Waals surface area contributed by atoms with Gasteiger partial charge in [0.1, 0.15) is 0 Å². The molecule has 0 aromatic heterocycles. The molecule has 31 heavy (non-hydrogen) atoms. The predicted octanol–water partition coefficient (Wildman–Crippen LogP) is 4.90. The van der Waals surface area contributed by atoms with Crippen molar-refractivity contribution < 1.29 is 8.42 Å². The summed E-state index contributed by atoms with van der Waals surface area (Å²) in [5.74, 6) is 0. The third-order valence-electron chi connectivity index (χ3n) is 5.84. The van der Waals surface area contributed by atoms with Crippen LogP contribution >= 0.6 is 12.4 Å². The average Bonchev–Trinajstić information content (AvgIpc) is 2.74. The lowest BCUT2D eigenvalue weighted by atomic mass is 10.1. The van der Waals surface area contributed by atoms with E-state index in [0.29, 0.717) is 16.6 Å². The zero-order valence-corrected chi connectivity index (χ0v) is 19.8. The minimum Gasteiger partial charge on any atom is -0.368 e. The number of anilines is 2. The molecule has 0 saturated carbocycles. The molecule has 1 heterocycles. The molecule has 0 radical (unpaired) electrons. The van der Waals surface area contributed by atoms with Gasteiger partial charge in [0.15, 0.2) is 0 Å². The molecule has 0 bridgehead atoms. The summed E-state index contributed by atoms with van der Waals surface area (Å²) in [7, 11) is -3.70. The van der Waals surface area contributed by atoms with E-state index >= 15 is 0 Å². The lowest BCUT2D eigenvalue weighted by Gasteiger charge is -2.38. The predicted molar refractivity (Wildman–Crippen MR) is 132 cm³/mol. The number of rotatable bonds is 5. The molecule has 5 nitrogen and oxygen atoms in total. The van der Waals surface area contributed by atoms with Crippen LogP contribution in [0.1, 0.15) is 19.4 Å². The van der Waals surface area contributed by atoms with Crippen molar-refractivity contribution >= 4 is 44.6 Å². The highest BCUT2D eigenvalue weighted by Crippen LogP contribution is 2.33. The van der Waals surface area contributed by atoms with Crippen LogP contribution in [0.2, 0.25) is 0 Å². The monoisotopic (exact) mass is 459 g/mol. The van der Waals surface area contributed by atoms with E-state index in [0.717, 1.165) is 48.2 Å². The quantitative estimate of drug-likeness (QED) is 0.589.